The molecule has 6 heteroatoms. The molecule has 0 unspecified atom stereocenters. The van der Waals surface area contributed by atoms with Crippen LogP contribution in [0.3, 0.4) is 0 Å². The molecule has 0 aliphatic carbocycles. The molecule has 0 saturated heterocycles. The van der Waals surface area contributed by atoms with Crippen LogP contribution in [0.4, 0.5) is 5.69 Å². The van der Waals surface area contributed by atoms with E-state index >= 15 is 0 Å². The van der Waals surface area contributed by atoms with Crippen LogP contribution in [0.2, 0.25) is 0 Å². The summed E-state index contributed by atoms with van der Waals surface area (Å²) in [4.78, 5) is 25.9. The highest BCUT2D eigenvalue weighted by atomic mass is 32.1. The van der Waals surface area contributed by atoms with Gasteiger partial charge in [0.1, 0.15) is 5.75 Å². The van der Waals surface area contributed by atoms with Gasteiger partial charge >= 0.3 is 0 Å². The molecule has 0 spiro atoms. The SMILES string of the molecule is CCCCC/C(C)=C(/C=C\S)NC(=O)c1ccc(NC(=O)c2ccccc2-c2ccccc2)c(O)c1. The summed E-state index contributed by atoms with van der Waals surface area (Å²) >= 11 is 4.15. The highest BCUT2D eigenvalue weighted by Gasteiger charge is 2.16. The molecule has 3 N–H and O–H groups in total. The number of nitrogens with one attached hydrogen (secondary N) is 2. The van der Waals surface area contributed by atoms with E-state index in [2.05, 4.69) is 30.2 Å². The second kappa shape index (κ2) is 13.4. The minimum atomic E-state index is -0.353. The largest absolute Gasteiger partial charge is 0.506 e. The average Bonchev–Trinajstić information content (AvgIpc) is 2.90. The molecule has 3 aromatic rings. The quantitative estimate of drug-likeness (QED) is 0.102. The zero-order valence-electron chi connectivity index (χ0n) is 20.6. The summed E-state index contributed by atoms with van der Waals surface area (Å²) in [5, 5.41) is 17.8. The molecular formula is C30H32N2O3S. The molecule has 0 aliphatic heterocycles. The number of carbonyl (C=O) groups is 2. The first-order valence-electron chi connectivity index (χ1n) is 12.0. The number of aromatic hydroxyl groups is 1. The maximum Gasteiger partial charge on any atom is 0.256 e. The van der Waals surface area contributed by atoms with Crippen LogP contribution in [0.1, 0.15) is 60.2 Å². The van der Waals surface area contributed by atoms with Crippen molar-refractivity contribution in [1.82, 2.24) is 5.32 Å². The zero-order chi connectivity index (χ0) is 25.9. The van der Waals surface area contributed by atoms with E-state index < -0.39 is 0 Å². The van der Waals surface area contributed by atoms with Crippen molar-refractivity contribution < 1.29 is 14.7 Å². The van der Waals surface area contributed by atoms with Gasteiger partial charge in [0.25, 0.3) is 11.8 Å². The number of anilines is 1. The first kappa shape index (κ1) is 26.8. The summed E-state index contributed by atoms with van der Waals surface area (Å²) in [6.45, 7) is 4.14. The van der Waals surface area contributed by atoms with E-state index in [1.807, 2.05) is 49.4 Å². The van der Waals surface area contributed by atoms with Crippen LogP contribution >= 0.6 is 12.6 Å². The summed E-state index contributed by atoms with van der Waals surface area (Å²) < 4.78 is 0. The van der Waals surface area contributed by atoms with Gasteiger partial charge in [-0.3, -0.25) is 9.59 Å². The van der Waals surface area contributed by atoms with Crippen molar-refractivity contribution in [2.45, 2.75) is 39.5 Å². The molecule has 0 atom stereocenters. The summed E-state index contributed by atoms with van der Waals surface area (Å²) in [6, 6.07) is 21.4. The molecule has 3 rings (SSSR count). The summed E-state index contributed by atoms with van der Waals surface area (Å²) in [5.74, 6) is -0.897. The molecule has 2 amide bonds. The Morgan fingerprint density at radius 2 is 1.67 bits per heavy atom. The minimum Gasteiger partial charge on any atom is -0.506 e. The number of phenolic OH excluding ortho intramolecular Hbond substituents is 1. The van der Waals surface area contributed by atoms with Crippen molar-refractivity contribution >= 4 is 30.1 Å². The Morgan fingerprint density at radius 3 is 2.36 bits per heavy atom. The van der Waals surface area contributed by atoms with Gasteiger partial charge in [0, 0.05) is 16.8 Å². The number of phenols is 1. The Bertz CT molecular complexity index is 1270. The van der Waals surface area contributed by atoms with E-state index in [4.69, 9.17) is 0 Å². The van der Waals surface area contributed by atoms with Gasteiger partial charge in [-0.1, -0.05) is 68.3 Å². The van der Waals surface area contributed by atoms with Crippen molar-refractivity contribution in [2.24, 2.45) is 0 Å². The third-order valence-corrected chi connectivity index (χ3v) is 6.02. The Kier molecular flexibility index (Phi) is 9.95. The van der Waals surface area contributed by atoms with Gasteiger partial charge in [0.15, 0.2) is 0 Å². The third kappa shape index (κ3) is 7.12. The van der Waals surface area contributed by atoms with Gasteiger partial charge in [-0.05, 0) is 72.2 Å². The van der Waals surface area contributed by atoms with Crippen LogP contribution < -0.4 is 10.6 Å². The molecular weight excluding hydrogens is 468 g/mol. The fourth-order valence-electron chi connectivity index (χ4n) is 3.85. The van der Waals surface area contributed by atoms with Crippen LogP contribution in [-0.4, -0.2) is 16.9 Å². The first-order valence-corrected chi connectivity index (χ1v) is 12.6. The molecule has 36 heavy (non-hydrogen) atoms. The lowest BCUT2D eigenvalue weighted by Gasteiger charge is -2.13. The van der Waals surface area contributed by atoms with Crippen molar-refractivity contribution in [1.29, 1.82) is 0 Å². The lowest BCUT2D eigenvalue weighted by molar-refractivity contribution is 0.0965. The van der Waals surface area contributed by atoms with E-state index in [0.29, 0.717) is 11.3 Å². The smallest absolute Gasteiger partial charge is 0.256 e. The number of benzene rings is 3. The molecule has 0 aliphatic rings. The van der Waals surface area contributed by atoms with E-state index in [1.165, 1.54) is 12.1 Å². The van der Waals surface area contributed by atoms with Crippen molar-refractivity contribution in [3.8, 4) is 16.9 Å². The molecule has 0 saturated carbocycles. The second-order valence-corrected chi connectivity index (χ2v) is 8.82. The highest BCUT2D eigenvalue weighted by molar-refractivity contribution is 7.83. The van der Waals surface area contributed by atoms with Gasteiger partial charge in [-0.2, -0.15) is 12.6 Å². The fourth-order valence-corrected chi connectivity index (χ4v) is 4.00. The molecule has 0 radical (unpaired) electrons. The zero-order valence-corrected chi connectivity index (χ0v) is 21.5. The molecule has 0 aromatic heterocycles. The number of amides is 2. The topological polar surface area (TPSA) is 78.4 Å². The van der Waals surface area contributed by atoms with E-state index in [1.54, 1.807) is 29.7 Å². The van der Waals surface area contributed by atoms with Crippen LogP contribution in [0.25, 0.3) is 11.1 Å². The predicted octanol–water partition coefficient (Wildman–Crippen LogP) is 7.34. The Labute approximate surface area is 218 Å². The summed E-state index contributed by atoms with van der Waals surface area (Å²) in [7, 11) is 0. The molecule has 186 valence electrons. The van der Waals surface area contributed by atoms with Crippen LogP contribution in [0, 0.1) is 0 Å². The van der Waals surface area contributed by atoms with E-state index in [0.717, 1.165) is 42.4 Å². The number of allylic oxidation sites excluding steroid dienone is 2. The Balaban J connectivity index is 1.76. The highest BCUT2D eigenvalue weighted by Crippen LogP contribution is 2.28. The minimum absolute atomic E-state index is 0.192. The lowest BCUT2D eigenvalue weighted by Crippen LogP contribution is -2.23. The van der Waals surface area contributed by atoms with Gasteiger partial charge in [0.05, 0.1) is 5.69 Å². The van der Waals surface area contributed by atoms with Crippen LogP contribution in [-0.2, 0) is 0 Å². The number of hydrogen-bond donors (Lipinski definition) is 4. The van der Waals surface area contributed by atoms with Crippen LogP contribution in [0.5, 0.6) is 5.75 Å². The Hall–Kier alpha value is -3.77. The predicted molar refractivity (Wildman–Crippen MR) is 150 cm³/mol. The summed E-state index contributed by atoms with van der Waals surface area (Å²) in [6.07, 6.45) is 5.92. The lowest BCUT2D eigenvalue weighted by atomic mass is 9.99. The number of rotatable bonds is 10. The molecule has 0 heterocycles. The van der Waals surface area contributed by atoms with Crippen molar-refractivity contribution in [3.63, 3.8) is 0 Å². The van der Waals surface area contributed by atoms with Gasteiger partial charge in [0.2, 0.25) is 0 Å². The van der Waals surface area contributed by atoms with Crippen molar-refractivity contribution in [3.05, 3.63) is 107 Å². The van der Waals surface area contributed by atoms with Crippen LogP contribution in [0.15, 0.2) is 95.6 Å². The van der Waals surface area contributed by atoms with Crippen molar-refractivity contribution in [2.75, 3.05) is 5.32 Å². The molecule has 0 fully saturated rings. The maximum absolute atomic E-state index is 13.1. The number of thiol groups is 1. The standard InChI is InChI=1S/C30H32N2O3S/c1-3-4-6-11-21(2)26(18-19-36)31-29(34)23-16-17-27(28(33)20-23)32-30(35)25-15-10-9-14-24(25)22-12-7-5-8-13-22/h5,7-10,12-20,33,36H,3-4,6,11H2,1-2H3,(H,31,34)(H,32,35)/b19-18-,26-21-. The Morgan fingerprint density at radius 1 is 0.944 bits per heavy atom. The van der Waals surface area contributed by atoms with Gasteiger partial charge < -0.3 is 15.7 Å². The normalized spacial score (nSPS) is 11.8. The maximum atomic E-state index is 13.1. The number of carbonyl (C=O) groups excluding carboxylic acids is 2. The molecule has 0 bridgehead atoms. The summed E-state index contributed by atoms with van der Waals surface area (Å²) in [5.41, 5.74) is 4.45. The fraction of sp³-hybridized carbons (Fsp3) is 0.200. The second-order valence-electron chi connectivity index (χ2n) is 8.52. The van der Waals surface area contributed by atoms with E-state index in [-0.39, 0.29) is 28.8 Å². The van der Waals surface area contributed by atoms with Gasteiger partial charge in [-0.25, -0.2) is 0 Å². The monoisotopic (exact) mass is 500 g/mol. The number of unbranched alkanes of at least 4 members (excludes halogenated alkanes) is 2. The number of hydrogen-bond acceptors (Lipinski definition) is 4. The molecule has 5 nitrogen and oxygen atoms in total. The average molecular weight is 501 g/mol. The van der Waals surface area contributed by atoms with E-state index in [9.17, 15) is 14.7 Å². The van der Waals surface area contributed by atoms with Gasteiger partial charge in [-0.15, -0.1) is 0 Å². The molecule has 3 aromatic carbocycles. The third-order valence-electron chi connectivity index (χ3n) is 5.87. The first-order chi connectivity index (χ1) is 17.4.